The van der Waals surface area contributed by atoms with Gasteiger partial charge in [-0.25, -0.2) is 0 Å². The Balaban J connectivity index is 2.36. The van der Waals surface area contributed by atoms with E-state index in [2.05, 4.69) is 32.9 Å². The van der Waals surface area contributed by atoms with Gasteiger partial charge < -0.3 is 14.8 Å². The molecule has 0 aliphatic carbocycles. The van der Waals surface area contributed by atoms with Gasteiger partial charge in [-0.1, -0.05) is 29.3 Å². The smallest absolute Gasteiger partial charge is 0.387 e. The van der Waals surface area contributed by atoms with Crippen molar-refractivity contribution in [3.8, 4) is 5.75 Å². The monoisotopic (exact) mass is 351 g/mol. The van der Waals surface area contributed by atoms with Crippen molar-refractivity contribution in [2.45, 2.75) is 32.9 Å². The third-order valence-corrected chi connectivity index (χ3v) is 3.11. The first kappa shape index (κ1) is 17.3. The first-order valence-corrected chi connectivity index (χ1v) is 7.44. The molecule has 0 aromatic heterocycles. The number of ether oxygens (including phenoxy) is 2. The van der Waals surface area contributed by atoms with Crippen LogP contribution in [0, 0.1) is 0 Å². The SMILES string of the molecule is CCCCOCCNCc1cc(Br)ccc1OC(F)F. The maximum atomic E-state index is 12.3. The highest BCUT2D eigenvalue weighted by Crippen LogP contribution is 2.24. The van der Waals surface area contributed by atoms with E-state index in [-0.39, 0.29) is 5.75 Å². The fourth-order valence-electron chi connectivity index (χ4n) is 1.61. The molecule has 0 spiro atoms. The van der Waals surface area contributed by atoms with Gasteiger partial charge in [-0.15, -0.1) is 0 Å². The highest BCUT2D eigenvalue weighted by atomic mass is 79.9. The van der Waals surface area contributed by atoms with Gasteiger partial charge in [-0.05, 0) is 24.6 Å². The van der Waals surface area contributed by atoms with Gasteiger partial charge in [0.25, 0.3) is 0 Å². The molecule has 6 heteroatoms. The molecule has 1 aromatic rings. The second-order valence-corrected chi connectivity index (χ2v) is 5.19. The lowest BCUT2D eigenvalue weighted by Crippen LogP contribution is -2.20. The van der Waals surface area contributed by atoms with E-state index in [4.69, 9.17) is 4.74 Å². The minimum absolute atomic E-state index is 0.197. The third-order valence-electron chi connectivity index (χ3n) is 2.62. The van der Waals surface area contributed by atoms with Crippen molar-refractivity contribution >= 4 is 15.9 Å². The molecule has 114 valence electrons. The molecule has 0 saturated heterocycles. The van der Waals surface area contributed by atoms with E-state index in [1.807, 2.05) is 0 Å². The van der Waals surface area contributed by atoms with Crippen molar-refractivity contribution in [2.24, 2.45) is 0 Å². The van der Waals surface area contributed by atoms with Crippen molar-refractivity contribution in [2.75, 3.05) is 19.8 Å². The van der Waals surface area contributed by atoms with E-state index in [1.165, 1.54) is 6.07 Å². The summed E-state index contributed by atoms with van der Waals surface area (Å²) < 4.78 is 35.3. The van der Waals surface area contributed by atoms with Crippen LogP contribution in [0.1, 0.15) is 25.3 Å². The molecule has 3 nitrogen and oxygen atoms in total. The summed E-state index contributed by atoms with van der Waals surface area (Å²) in [6, 6.07) is 4.97. The minimum atomic E-state index is -2.81. The summed E-state index contributed by atoms with van der Waals surface area (Å²) in [7, 11) is 0. The summed E-state index contributed by atoms with van der Waals surface area (Å²) in [5.41, 5.74) is 0.688. The summed E-state index contributed by atoms with van der Waals surface area (Å²) in [4.78, 5) is 0. The van der Waals surface area contributed by atoms with Gasteiger partial charge >= 0.3 is 6.61 Å². The van der Waals surface area contributed by atoms with Crippen molar-refractivity contribution in [1.82, 2.24) is 5.32 Å². The molecule has 0 radical (unpaired) electrons. The van der Waals surface area contributed by atoms with Crippen molar-refractivity contribution in [3.63, 3.8) is 0 Å². The van der Waals surface area contributed by atoms with Crippen LogP contribution < -0.4 is 10.1 Å². The molecule has 0 aliphatic heterocycles. The number of alkyl halides is 2. The first-order valence-electron chi connectivity index (χ1n) is 6.65. The predicted molar refractivity (Wildman–Crippen MR) is 78.2 cm³/mol. The summed E-state index contributed by atoms with van der Waals surface area (Å²) in [5, 5.41) is 3.15. The maximum Gasteiger partial charge on any atom is 0.387 e. The molecule has 1 rings (SSSR count). The Hall–Kier alpha value is -0.720. The molecule has 0 amide bonds. The average molecular weight is 352 g/mol. The van der Waals surface area contributed by atoms with Crippen LogP contribution >= 0.6 is 15.9 Å². The summed E-state index contributed by atoms with van der Waals surface area (Å²) in [5.74, 6) is 0.197. The number of hydrogen-bond donors (Lipinski definition) is 1. The Morgan fingerprint density at radius 2 is 2.10 bits per heavy atom. The molecule has 0 heterocycles. The quantitative estimate of drug-likeness (QED) is 0.647. The summed E-state index contributed by atoms with van der Waals surface area (Å²) >= 11 is 3.32. The van der Waals surface area contributed by atoms with Crippen LogP contribution in [0.15, 0.2) is 22.7 Å². The first-order chi connectivity index (χ1) is 9.63. The molecule has 0 saturated carbocycles. The highest BCUT2D eigenvalue weighted by molar-refractivity contribution is 9.10. The third kappa shape index (κ3) is 7.17. The number of rotatable bonds is 10. The molecular weight excluding hydrogens is 332 g/mol. The molecule has 1 N–H and O–H groups in total. The molecule has 1 aromatic carbocycles. The Kier molecular flexibility index (Phi) is 8.73. The Morgan fingerprint density at radius 3 is 2.80 bits per heavy atom. The second kappa shape index (κ2) is 10.1. The van der Waals surface area contributed by atoms with Crippen molar-refractivity contribution < 1.29 is 18.3 Å². The summed E-state index contributed by atoms with van der Waals surface area (Å²) in [6.45, 7) is 1.79. The Morgan fingerprint density at radius 1 is 1.30 bits per heavy atom. The molecular formula is C14H20BrF2NO2. The largest absolute Gasteiger partial charge is 0.434 e. The average Bonchev–Trinajstić information content (AvgIpc) is 2.40. The Bertz CT molecular complexity index is 391. The predicted octanol–water partition coefficient (Wildman–Crippen LogP) is 3.96. The van der Waals surface area contributed by atoms with Crippen LogP contribution in [-0.4, -0.2) is 26.4 Å². The standard InChI is InChI=1S/C14H20BrF2NO2/c1-2-3-7-19-8-6-18-10-11-9-12(15)4-5-13(11)20-14(16)17/h4-5,9,14,18H,2-3,6-8,10H2,1H3. The van der Waals surface area contributed by atoms with Crippen LogP contribution in [0.2, 0.25) is 0 Å². The lowest BCUT2D eigenvalue weighted by atomic mass is 10.2. The van der Waals surface area contributed by atoms with E-state index >= 15 is 0 Å². The van der Waals surface area contributed by atoms with Crippen LogP contribution in [0.4, 0.5) is 8.78 Å². The second-order valence-electron chi connectivity index (χ2n) is 4.27. The van der Waals surface area contributed by atoms with E-state index in [1.54, 1.807) is 12.1 Å². The number of hydrogen-bond acceptors (Lipinski definition) is 3. The number of unbranched alkanes of at least 4 members (excludes halogenated alkanes) is 1. The molecule has 0 atom stereocenters. The van der Waals surface area contributed by atoms with E-state index in [0.717, 1.165) is 23.9 Å². The minimum Gasteiger partial charge on any atom is -0.434 e. The van der Waals surface area contributed by atoms with Gasteiger partial charge in [-0.3, -0.25) is 0 Å². The number of halogens is 3. The molecule has 0 fully saturated rings. The van der Waals surface area contributed by atoms with Crippen LogP contribution in [0.25, 0.3) is 0 Å². The number of benzene rings is 1. The van der Waals surface area contributed by atoms with Gasteiger partial charge in [0.1, 0.15) is 5.75 Å². The van der Waals surface area contributed by atoms with Gasteiger partial charge in [0, 0.05) is 29.7 Å². The van der Waals surface area contributed by atoms with E-state index in [9.17, 15) is 8.78 Å². The normalized spacial score (nSPS) is 11.1. The summed E-state index contributed by atoms with van der Waals surface area (Å²) in [6.07, 6.45) is 2.16. The van der Waals surface area contributed by atoms with Crippen molar-refractivity contribution in [1.29, 1.82) is 0 Å². The van der Waals surface area contributed by atoms with Gasteiger partial charge in [0.15, 0.2) is 0 Å². The van der Waals surface area contributed by atoms with Crippen LogP contribution in [-0.2, 0) is 11.3 Å². The van der Waals surface area contributed by atoms with Crippen molar-refractivity contribution in [3.05, 3.63) is 28.2 Å². The Labute approximate surface area is 126 Å². The molecule has 0 bridgehead atoms. The van der Waals surface area contributed by atoms with Gasteiger partial charge in [-0.2, -0.15) is 8.78 Å². The zero-order valence-electron chi connectivity index (χ0n) is 11.5. The van der Waals surface area contributed by atoms with Crippen LogP contribution in [0.3, 0.4) is 0 Å². The molecule has 0 aliphatic rings. The van der Waals surface area contributed by atoms with Gasteiger partial charge in [0.2, 0.25) is 0 Å². The van der Waals surface area contributed by atoms with Gasteiger partial charge in [0.05, 0.1) is 6.61 Å². The molecule has 20 heavy (non-hydrogen) atoms. The fourth-order valence-corrected chi connectivity index (χ4v) is 2.02. The topological polar surface area (TPSA) is 30.5 Å². The molecule has 0 unspecified atom stereocenters. The zero-order chi connectivity index (χ0) is 14.8. The number of nitrogens with one attached hydrogen (secondary N) is 1. The van der Waals surface area contributed by atoms with E-state index in [0.29, 0.717) is 25.3 Å². The lowest BCUT2D eigenvalue weighted by molar-refractivity contribution is -0.0505. The highest BCUT2D eigenvalue weighted by Gasteiger charge is 2.09. The van der Waals surface area contributed by atoms with Crippen LogP contribution in [0.5, 0.6) is 5.75 Å². The zero-order valence-corrected chi connectivity index (χ0v) is 13.1. The fraction of sp³-hybridized carbons (Fsp3) is 0.571. The lowest BCUT2D eigenvalue weighted by Gasteiger charge is -2.12. The van der Waals surface area contributed by atoms with E-state index < -0.39 is 6.61 Å². The maximum absolute atomic E-state index is 12.3.